The molecule has 3 amide bonds. The zero-order valence-corrected chi connectivity index (χ0v) is 20.1. The van der Waals surface area contributed by atoms with E-state index in [0.717, 1.165) is 5.56 Å². The number of hydrogen-bond acceptors (Lipinski definition) is 6. The second kappa shape index (κ2) is 14.6. The predicted octanol–water partition coefficient (Wildman–Crippen LogP) is 1.67. The molecular weight excluding hydrogens is 497 g/mol. The highest BCUT2D eigenvalue weighted by Gasteiger charge is 2.24. The SMILES string of the molecule is CCC(=O)N[C@@H](CCC(=O)N[C@@H](CSCc1ccc(Cl)cc1Cl)C(=O)NCC(=O)O)C(=O)O. The molecule has 0 unspecified atom stereocenters. The number of carbonyl (C=O) groups is 5. The number of nitrogens with one attached hydrogen (secondary N) is 3. The summed E-state index contributed by atoms with van der Waals surface area (Å²) in [5.74, 6) is -3.81. The molecule has 0 aliphatic rings. The van der Waals surface area contributed by atoms with Crippen LogP contribution in [-0.2, 0) is 29.7 Å². The van der Waals surface area contributed by atoms with Gasteiger partial charge in [-0.05, 0) is 24.1 Å². The van der Waals surface area contributed by atoms with Crippen molar-refractivity contribution in [3.63, 3.8) is 0 Å². The van der Waals surface area contributed by atoms with Gasteiger partial charge in [0.2, 0.25) is 17.7 Å². The van der Waals surface area contributed by atoms with E-state index in [2.05, 4.69) is 16.0 Å². The number of carboxylic acid groups (broad SMARTS) is 2. The number of hydrogen-bond donors (Lipinski definition) is 5. The molecule has 1 rings (SSSR count). The lowest BCUT2D eigenvalue weighted by Crippen LogP contribution is -2.49. The van der Waals surface area contributed by atoms with Crippen molar-refractivity contribution in [1.82, 2.24) is 16.0 Å². The fourth-order valence-corrected chi connectivity index (χ4v) is 4.10. The van der Waals surface area contributed by atoms with E-state index in [9.17, 15) is 29.1 Å². The van der Waals surface area contributed by atoms with Crippen LogP contribution in [0, 0.1) is 0 Å². The number of halogens is 2. The molecule has 0 radical (unpaired) electrons. The van der Waals surface area contributed by atoms with Gasteiger partial charge in [0, 0.05) is 34.4 Å². The van der Waals surface area contributed by atoms with Crippen LogP contribution in [0.5, 0.6) is 0 Å². The monoisotopic (exact) mass is 521 g/mol. The Labute approximate surface area is 204 Å². The van der Waals surface area contributed by atoms with Gasteiger partial charge in [0.1, 0.15) is 18.6 Å². The minimum absolute atomic E-state index is 0.0939. The molecule has 33 heavy (non-hydrogen) atoms. The highest BCUT2D eigenvalue weighted by Crippen LogP contribution is 2.25. The molecule has 0 saturated carbocycles. The molecule has 0 heterocycles. The van der Waals surface area contributed by atoms with Crippen LogP contribution >= 0.6 is 35.0 Å². The first-order valence-electron chi connectivity index (χ1n) is 9.86. The van der Waals surface area contributed by atoms with E-state index < -0.39 is 48.3 Å². The summed E-state index contributed by atoms with van der Waals surface area (Å²) in [6.07, 6.45) is -0.349. The predicted molar refractivity (Wildman–Crippen MR) is 124 cm³/mol. The summed E-state index contributed by atoms with van der Waals surface area (Å²) in [5.41, 5.74) is 0.762. The molecule has 13 heteroatoms. The van der Waals surface area contributed by atoms with Gasteiger partial charge in [0.25, 0.3) is 0 Å². The van der Waals surface area contributed by atoms with Crippen LogP contribution in [-0.4, -0.2) is 64.3 Å². The highest BCUT2D eigenvalue weighted by molar-refractivity contribution is 7.98. The number of rotatable bonds is 14. The molecule has 1 aromatic carbocycles. The van der Waals surface area contributed by atoms with Crippen LogP contribution in [0.1, 0.15) is 31.7 Å². The van der Waals surface area contributed by atoms with Gasteiger partial charge in [0.15, 0.2) is 0 Å². The highest BCUT2D eigenvalue weighted by atomic mass is 35.5. The Morgan fingerprint density at radius 2 is 1.70 bits per heavy atom. The normalized spacial score (nSPS) is 12.3. The number of aliphatic carboxylic acids is 2. The zero-order chi connectivity index (χ0) is 25.0. The Morgan fingerprint density at radius 1 is 1.03 bits per heavy atom. The molecule has 0 saturated heterocycles. The van der Waals surface area contributed by atoms with Crippen LogP contribution in [0.2, 0.25) is 10.0 Å². The van der Waals surface area contributed by atoms with Crippen molar-refractivity contribution in [3.8, 4) is 0 Å². The number of thioether (sulfide) groups is 1. The maximum Gasteiger partial charge on any atom is 0.326 e. The van der Waals surface area contributed by atoms with Gasteiger partial charge < -0.3 is 26.2 Å². The van der Waals surface area contributed by atoms with E-state index in [1.807, 2.05) is 0 Å². The fraction of sp³-hybridized carbons (Fsp3) is 0.450. The molecule has 10 nitrogen and oxygen atoms in total. The fourth-order valence-electron chi connectivity index (χ4n) is 2.49. The van der Waals surface area contributed by atoms with Crippen molar-refractivity contribution < 1.29 is 34.2 Å². The maximum absolute atomic E-state index is 12.4. The minimum Gasteiger partial charge on any atom is -0.480 e. The van der Waals surface area contributed by atoms with Crippen molar-refractivity contribution in [2.45, 2.75) is 44.0 Å². The Kier molecular flexibility index (Phi) is 12.6. The first kappa shape index (κ1) is 28.5. The zero-order valence-electron chi connectivity index (χ0n) is 17.7. The molecule has 1 aromatic rings. The van der Waals surface area contributed by atoms with E-state index in [-0.39, 0.29) is 25.0 Å². The average Bonchev–Trinajstić information content (AvgIpc) is 2.75. The molecular formula is C20H25Cl2N3O7S. The van der Waals surface area contributed by atoms with E-state index >= 15 is 0 Å². The van der Waals surface area contributed by atoms with Crippen molar-refractivity contribution in [1.29, 1.82) is 0 Å². The molecule has 2 atom stereocenters. The smallest absolute Gasteiger partial charge is 0.326 e. The lowest BCUT2D eigenvalue weighted by Gasteiger charge is -2.19. The third-order valence-electron chi connectivity index (χ3n) is 4.24. The third-order valence-corrected chi connectivity index (χ3v) is 5.91. The van der Waals surface area contributed by atoms with Crippen molar-refractivity contribution in [2.24, 2.45) is 0 Å². The molecule has 0 bridgehead atoms. The van der Waals surface area contributed by atoms with Gasteiger partial charge >= 0.3 is 11.9 Å². The number of amides is 3. The Morgan fingerprint density at radius 3 is 2.27 bits per heavy atom. The van der Waals surface area contributed by atoms with Crippen molar-refractivity contribution >= 4 is 64.6 Å². The number of benzene rings is 1. The molecule has 0 spiro atoms. The van der Waals surface area contributed by atoms with E-state index in [1.165, 1.54) is 11.8 Å². The molecule has 0 aliphatic carbocycles. The molecule has 0 aliphatic heterocycles. The van der Waals surface area contributed by atoms with Gasteiger partial charge in [-0.3, -0.25) is 19.2 Å². The van der Waals surface area contributed by atoms with E-state index in [0.29, 0.717) is 15.8 Å². The molecule has 182 valence electrons. The summed E-state index contributed by atoms with van der Waals surface area (Å²) in [6, 6.07) is 2.66. The van der Waals surface area contributed by atoms with Gasteiger partial charge in [-0.25, -0.2) is 4.79 Å². The Balaban J connectivity index is 2.72. The topological polar surface area (TPSA) is 162 Å². The first-order chi connectivity index (χ1) is 15.5. The third kappa shape index (κ3) is 11.3. The summed E-state index contributed by atoms with van der Waals surface area (Å²) >= 11 is 13.3. The second-order valence-corrected chi connectivity index (χ2v) is 8.71. The lowest BCUT2D eigenvalue weighted by atomic mass is 10.1. The van der Waals surface area contributed by atoms with E-state index in [4.69, 9.17) is 28.3 Å². The Hall–Kier alpha value is -2.50. The standard InChI is InChI=1S/C20H25Cl2N3O7S/c1-2-16(26)24-14(20(31)32)5-6-17(27)25-15(19(30)23-8-18(28)29)10-33-9-11-3-4-12(21)7-13(11)22/h3-4,7,14-15H,2,5-6,8-10H2,1H3,(H,23,30)(H,24,26)(H,25,27)(H,28,29)(H,31,32)/t14-,15-/m0/s1. The van der Waals surface area contributed by atoms with Crippen LogP contribution in [0.4, 0.5) is 0 Å². The molecule has 0 aromatic heterocycles. The molecule has 5 N–H and O–H groups in total. The summed E-state index contributed by atoms with van der Waals surface area (Å²) in [4.78, 5) is 58.2. The second-order valence-electron chi connectivity index (χ2n) is 6.83. The van der Waals surface area contributed by atoms with Gasteiger partial charge in [-0.1, -0.05) is 36.2 Å². The van der Waals surface area contributed by atoms with Crippen LogP contribution in [0.3, 0.4) is 0 Å². The first-order valence-corrected chi connectivity index (χ1v) is 11.8. The van der Waals surface area contributed by atoms with Crippen molar-refractivity contribution in [2.75, 3.05) is 12.3 Å². The van der Waals surface area contributed by atoms with Crippen LogP contribution < -0.4 is 16.0 Å². The number of carboxylic acids is 2. The number of carbonyl (C=O) groups excluding carboxylic acids is 3. The van der Waals surface area contributed by atoms with Crippen molar-refractivity contribution in [3.05, 3.63) is 33.8 Å². The summed E-state index contributed by atoms with van der Waals surface area (Å²) in [5, 5.41) is 25.9. The average molecular weight is 522 g/mol. The maximum atomic E-state index is 12.4. The van der Waals surface area contributed by atoms with E-state index in [1.54, 1.807) is 25.1 Å². The van der Waals surface area contributed by atoms with Crippen LogP contribution in [0.25, 0.3) is 0 Å². The summed E-state index contributed by atoms with van der Waals surface area (Å²) in [6.45, 7) is 0.944. The van der Waals surface area contributed by atoms with Gasteiger partial charge in [0.05, 0.1) is 0 Å². The summed E-state index contributed by atoms with van der Waals surface area (Å²) < 4.78 is 0. The quantitative estimate of drug-likeness (QED) is 0.247. The minimum atomic E-state index is -1.28. The molecule has 0 fully saturated rings. The largest absolute Gasteiger partial charge is 0.480 e. The lowest BCUT2D eigenvalue weighted by molar-refractivity contribution is -0.142. The van der Waals surface area contributed by atoms with Gasteiger partial charge in [-0.2, -0.15) is 11.8 Å². The van der Waals surface area contributed by atoms with Gasteiger partial charge in [-0.15, -0.1) is 0 Å². The van der Waals surface area contributed by atoms with Crippen LogP contribution in [0.15, 0.2) is 18.2 Å². The Bertz CT molecular complexity index is 885. The summed E-state index contributed by atoms with van der Waals surface area (Å²) in [7, 11) is 0.